The number of anilines is 1. The van der Waals surface area contributed by atoms with Gasteiger partial charge < -0.3 is 5.32 Å². The largest absolute Gasteiger partial charge is 0.346 e. The van der Waals surface area contributed by atoms with E-state index in [1.54, 1.807) is 25.1 Å². The summed E-state index contributed by atoms with van der Waals surface area (Å²) in [7, 11) is -3.86. The molecule has 3 aromatic rings. The van der Waals surface area contributed by atoms with E-state index in [9.17, 15) is 13.2 Å². The molecule has 6 heteroatoms. The molecule has 1 aliphatic carbocycles. The van der Waals surface area contributed by atoms with Gasteiger partial charge in [0.2, 0.25) is 0 Å². The van der Waals surface area contributed by atoms with Crippen LogP contribution >= 0.6 is 0 Å². The Hall–Kier alpha value is -3.12. The molecule has 0 fully saturated rings. The molecule has 1 amide bonds. The molecule has 0 heterocycles. The Bertz CT molecular complexity index is 1350. The zero-order valence-corrected chi connectivity index (χ0v) is 21.1. The SMILES string of the molecule is Cc1ccc(C(=O)N[C@@H](C)c2ccc3c(c2)CCCC3)cc1S(=O)(=O)Nc1cccc(C)c1C. The molecule has 0 spiro atoms. The molecule has 0 aliphatic heterocycles. The van der Waals surface area contributed by atoms with E-state index in [2.05, 4.69) is 28.2 Å². The lowest BCUT2D eigenvalue weighted by atomic mass is 9.89. The first-order valence-electron chi connectivity index (χ1n) is 11.8. The standard InChI is InChI=1S/C28H32N2O3S/c1-18-8-7-11-26(20(18)3)30-34(32,33)27-17-25(13-12-19(27)2)28(31)29-21(4)23-15-14-22-9-5-6-10-24(22)16-23/h7-8,11-17,21,30H,5-6,9-10H2,1-4H3,(H,29,31)/t21-/m0/s1. The van der Waals surface area contributed by atoms with Crippen LogP contribution in [0.3, 0.4) is 0 Å². The average Bonchev–Trinajstić information content (AvgIpc) is 2.81. The fourth-order valence-electron chi connectivity index (χ4n) is 4.48. The third-order valence-electron chi connectivity index (χ3n) is 6.81. The van der Waals surface area contributed by atoms with Gasteiger partial charge in [0, 0.05) is 5.56 Å². The quantitative estimate of drug-likeness (QED) is 0.473. The lowest BCUT2D eigenvalue weighted by molar-refractivity contribution is 0.0939. The average molecular weight is 477 g/mol. The van der Waals surface area contributed by atoms with E-state index in [0.717, 1.165) is 29.5 Å². The van der Waals surface area contributed by atoms with Gasteiger partial charge in [0.05, 0.1) is 16.6 Å². The number of sulfonamides is 1. The Labute approximate surface area is 202 Å². The topological polar surface area (TPSA) is 75.3 Å². The Kier molecular flexibility index (Phi) is 6.80. The molecule has 0 saturated heterocycles. The van der Waals surface area contributed by atoms with Crippen LogP contribution in [0.2, 0.25) is 0 Å². The second-order valence-corrected chi connectivity index (χ2v) is 10.9. The summed E-state index contributed by atoms with van der Waals surface area (Å²) in [6.07, 6.45) is 4.63. The number of carbonyl (C=O) groups excluding carboxylic acids is 1. The predicted molar refractivity (Wildman–Crippen MR) is 137 cm³/mol. The number of rotatable bonds is 6. The van der Waals surface area contributed by atoms with E-state index in [-0.39, 0.29) is 16.8 Å². The van der Waals surface area contributed by atoms with E-state index in [0.29, 0.717) is 16.8 Å². The van der Waals surface area contributed by atoms with Crippen LogP contribution in [0.1, 0.15) is 69.5 Å². The summed E-state index contributed by atoms with van der Waals surface area (Å²) in [5.74, 6) is -0.298. The van der Waals surface area contributed by atoms with Crippen molar-refractivity contribution in [1.29, 1.82) is 0 Å². The summed E-state index contributed by atoms with van der Waals surface area (Å²) in [5, 5.41) is 3.03. The van der Waals surface area contributed by atoms with Gasteiger partial charge in [0.1, 0.15) is 0 Å². The van der Waals surface area contributed by atoms with Crippen molar-refractivity contribution in [1.82, 2.24) is 5.32 Å². The predicted octanol–water partition coefficient (Wildman–Crippen LogP) is 5.78. The molecule has 2 N–H and O–H groups in total. The minimum Gasteiger partial charge on any atom is -0.346 e. The Morgan fingerprint density at radius 2 is 1.62 bits per heavy atom. The second-order valence-electron chi connectivity index (χ2n) is 9.26. The van der Waals surface area contributed by atoms with Gasteiger partial charge in [-0.3, -0.25) is 9.52 Å². The minimum atomic E-state index is -3.86. The normalized spacial score (nSPS) is 14.2. The molecule has 1 atom stereocenters. The zero-order chi connectivity index (χ0) is 24.5. The van der Waals surface area contributed by atoms with Crippen LogP contribution < -0.4 is 10.0 Å². The number of benzene rings is 3. The summed E-state index contributed by atoms with van der Waals surface area (Å²) in [4.78, 5) is 13.1. The maximum atomic E-state index is 13.2. The molecule has 4 rings (SSSR count). The first-order valence-corrected chi connectivity index (χ1v) is 13.3. The van der Waals surface area contributed by atoms with Gasteiger partial charge in [0.25, 0.3) is 15.9 Å². The van der Waals surface area contributed by atoms with E-state index in [1.165, 1.54) is 30.0 Å². The second kappa shape index (κ2) is 9.63. The smallest absolute Gasteiger partial charge is 0.262 e. The monoisotopic (exact) mass is 476 g/mol. The summed E-state index contributed by atoms with van der Waals surface area (Å²) in [6, 6.07) is 16.6. The van der Waals surface area contributed by atoms with Crippen molar-refractivity contribution in [2.45, 2.75) is 64.3 Å². The highest BCUT2D eigenvalue weighted by molar-refractivity contribution is 7.92. The number of aryl methyl sites for hydroxylation is 4. The fourth-order valence-corrected chi connectivity index (χ4v) is 5.87. The molecule has 1 aliphatic rings. The Morgan fingerprint density at radius 1 is 0.882 bits per heavy atom. The van der Waals surface area contributed by atoms with Gasteiger partial charge in [-0.05, 0) is 105 Å². The molecule has 0 bridgehead atoms. The van der Waals surface area contributed by atoms with E-state index >= 15 is 0 Å². The third-order valence-corrected chi connectivity index (χ3v) is 8.32. The van der Waals surface area contributed by atoms with Crippen LogP contribution in [-0.4, -0.2) is 14.3 Å². The van der Waals surface area contributed by atoms with E-state index in [1.807, 2.05) is 32.9 Å². The van der Waals surface area contributed by atoms with Gasteiger partial charge in [-0.1, -0.05) is 36.4 Å². The molecule has 0 saturated carbocycles. The van der Waals surface area contributed by atoms with Gasteiger partial charge in [-0.2, -0.15) is 0 Å². The first-order chi connectivity index (χ1) is 16.2. The molecule has 5 nitrogen and oxygen atoms in total. The summed E-state index contributed by atoms with van der Waals surface area (Å²) in [6.45, 7) is 7.50. The first kappa shape index (κ1) is 24.0. The number of fused-ring (bicyclic) bond motifs is 1. The number of amides is 1. The van der Waals surface area contributed by atoms with Crippen LogP contribution in [0, 0.1) is 20.8 Å². The highest BCUT2D eigenvalue weighted by Gasteiger charge is 2.21. The van der Waals surface area contributed by atoms with Crippen molar-refractivity contribution < 1.29 is 13.2 Å². The summed E-state index contributed by atoms with van der Waals surface area (Å²) < 4.78 is 29.1. The van der Waals surface area contributed by atoms with Crippen molar-refractivity contribution in [3.05, 3.63) is 93.5 Å². The van der Waals surface area contributed by atoms with E-state index in [4.69, 9.17) is 0 Å². The van der Waals surface area contributed by atoms with Crippen molar-refractivity contribution in [2.24, 2.45) is 0 Å². The molecule has 178 valence electrons. The molecule has 3 aromatic carbocycles. The maximum absolute atomic E-state index is 13.2. The van der Waals surface area contributed by atoms with E-state index < -0.39 is 10.0 Å². The maximum Gasteiger partial charge on any atom is 0.262 e. The van der Waals surface area contributed by atoms with Crippen LogP contribution in [-0.2, 0) is 22.9 Å². The third kappa shape index (κ3) is 5.02. The van der Waals surface area contributed by atoms with Crippen LogP contribution in [0.25, 0.3) is 0 Å². The van der Waals surface area contributed by atoms with Crippen LogP contribution in [0.5, 0.6) is 0 Å². The molecule has 0 unspecified atom stereocenters. The number of hydrogen-bond acceptors (Lipinski definition) is 3. The Balaban J connectivity index is 1.55. The Morgan fingerprint density at radius 3 is 2.38 bits per heavy atom. The van der Waals surface area contributed by atoms with Crippen LogP contribution in [0.15, 0.2) is 59.5 Å². The summed E-state index contributed by atoms with van der Waals surface area (Å²) in [5.41, 5.74) is 7.14. The molecule has 0 aromatic heterocycles. The lowest BCUT2D eigenvalue weighted by Crippen LogP contribution is -2.27. The van der Waals surface area contributed by atoms with Gasteiger partial charge >= 0.3 is 0 Å². The summed E-state index contributed by atoms with van der Waals surface area (Å²) >= 11 is 0. The van der Waals surface area contributed by atoms with Crippen molar-refractivity contribution >= 4 is 21.6 Å². The van der Waals surface area contributed by atoms with Crippen molar-refractivity contribution in [3.8, 4) is 0 Å². The van der Waals surface area contributed by atoms with Gasteiger partial charge in [0.15, 0.2) is 0 Å². The molecule has 0 radical (unpaired) electrons. The van der Waals surface area contributed by atoms with Crippen molar-refractivity contribution in [2.75, 3.05) is 4.72 Å². The lowest BCUT2D eigenvalue weighted by Gasteiger charge is -2.20. The molecule has 34 heavy (non-hydrogen) atoms. The minimum absolute atomic E-state index is 0.0995. The number of carbonyl (C=O) groups is 1. The molecular formula is C28H32N2O3S. The zero-order valence-electron chi connectivity index (χ0n) is 20.2. The van der Waals surface area contributed by atoms with Gasteiger partial charge in [-0.25, -0.2) is 8.42 Å². The highest BCUT2D eigenvalue weighted by atomic mass is 32.2. The van der Waals surface area contributed by atoms with Crippen molar-refractivity contribution in [3.63, 3.8) is 0 Å². The number of nitrogens with one attached hydrogen (secondary N) is 2. The highest BCUT2D eigenvalue weighted by Crippen LogP contribution is 2.26. The number of hydrogen-bond donors (Lipinski definition) is 2. The fraction of sp³-hybridized carbons (Fsp3) is 0.321. The molecular weight excluding hydrogens is 444 g/mol. The van der Waals surface area contributed by atoms with Gasteiger partial charge in [-0.15, -0.1) is 0 Å². The van der Waals surface area contributed by atoms with Crippen LogP contribution in [0.4, 0.5) is 5.69 Å².